The number of aryl methyl sites for hydroxylation is 1. The van der Waals surface area contributed by atoms with E-state index in [1.165, 1.54) is 33.5 Å². The van der Waals surface area contributed by atoms with Gasteiger partial charge in [0.15, 0.2) is 0 Å². The van der Waals surface area contributed by atoms with E-state index in [1.807, 2.05) is 6.92 Å². The third kappa shape index (κ3) is 3.39. The van der Waals surface area contributed by atoms with Gasteiger partial charge in [-0.3, -0.25) is 9.48 Å². The second-order valence-electron chi connectivity index (χ2n) is 8.30. The van der Waals surface area contributed by atoms with E-state index >= 15 is 0 Å². The van der Waals surface area contributed by atoms with Gasteiger partial charge in [0.05, 0.1) is 23.8 Å². The minimum atomic E-state index is -3.89. The van der Waals surface area contributed by atoms with Crippen molar-refractivity contribution in [2.75, 3.05) is 13.1 Å². The summed E-state index contributed by atoms with van der Waals surface area (Å²) < 4.78 is 44.2. The number of aromatic nitrogens is 4. The van der Waals surface area contributed by atoms with Gasteiger partial charge in [-0.2, -0.15) is 14.5 Å². The van der Waals surface area contributed by atoms with Crippen molar-refractivity contribution < 1.29 is 22.7 Å². The van der Waals surface area contributed by atoms with E-state index in [9.17, 15) is 22.7 Å². The Morgan fingerprint density at radius 2 is 1.97 bits per heavy atom. The number of fused-ring (bicyclic) bond motifs is 2. The van der Waals surface area contributed by atoms with E-state index in [4.69, 9.17) is 0 Å². The number of carboxylic acids is 1. The molecule has 1 aliphatic heterocycles. The molecule has 0 spiro atoms. The molecule has 1 N–H and O–H groups in total. The molecular weight excluding hydrogens is 449 g/mol. The van der Waals surface area contributed by atoms with Crippen molar-refractivity contribution in [1.82, 2.24) is 23.9 Å². The molecule has 0 radical (unpaired) electrons. The van der Waals surface area contributed by atoms with Crippen molar-refractivity contribution in [3.63, 3.8) is 0 Å². The summed E-state index contributed by atoms with van der Waals surface area (Å²) in [7, 11) is -3.89. The third-order valence-corrected chi connectivity index (χ3v) is 8.23. The fraction of sp³-hybridized carbons (Fsp3) is 0.318. The zero-order valence-corrected chi connectivity index (χ0v) is 18.7. The Morgan fingerprint density at radius 1 is 1.21 bits per heavy atom. The summed E-state index contributed by atoms with van der Waals surface area (Å²) in [5.74, 6) is -1.43. The normalized spacial score (nSPS) is 20.7. The number of carbonyl (C=O) groups is 1. The lowest BCUT2D eigenvalue weighted by molar-refractivity contribution is -0.147. The van der Waals surface area contributed by atoms with Gasteiger partial charge >= 0.3 is 5.97 Å². The molecule has 11 heteroatoms. The molecule has 1 aliphatic carbocycles. The maximum atomic E-state index is 13.3. The number of carboxylic acid groups (broad SMARTS) is 1. The minimum Gasteiger partial charge on any atom is -0.481 e. The molecule has 3 aromatic rings. The average Bonchev–Trinajstić information content (AvgIpc) is 3.45. The van der Waals surface area contributed by atoms with Crippen LogP contribution in [-0.4, -0.2) is 56.4 Å². The lowest BCUT2D eigenvalue weighted by atomic mass is 9.69. The summed E-state index contributed by atoms with van der Waals surface area (Å²) in [5.41, 5.74) is 1.36. The summed E-state index contributed by atoms with van der Waals surface area (Å²) in [6, 6.07) is 5.88. The van der Waals surface area contributed by atoms with Gasteiger partial charge in [0.2, 0.25) is 10.0 Å². The molecule has 0 saturated carbocycles. The first-order valence-electron chi connectivity index (χ1n) is 10.5. The number of benzene rings is 1. The van der Waals surface area contributed by atoms with Crippen LogP contribution in [0.25, 0.3) is 11.8 Å². The molecule has 172 valence electrons. The number of hydrogen-bond acceptors (Lipinski definition) is 5. The number of halogens is 1. The largest absolute Gasteiger partial charge is 0.481 e. The van der Waals surface area contributed by atoms with Crippen LogP contribution in [0, 0.1) is 11.2 Å². The Hall–Kier alpha value is -3.31. The molecule has 1 atom stereocenters. The summed E-state index contributed by atoms with van der Waals surface area (Å²) in [4.78, 5) is 12.6. The number of hydrogen-bond donors (Lipinski definition) is 1. The van der Waals surface area contributed by atoms with E-state index < -0.39 is 21.4 Å². The lowest BCUT2D eigenvalue weighted by Crippen LogP contribution is -2.53. The topological polar surface area (TPSA) is 110 Å². The first kappa shape index (κ1) is 21.5. The van der Waals surface area contributed by atoms with Crippen molar-refractivity contribution in [3.8, 4) is 5.69 Å². The highest BCUT2D eigenvalue weighted by Gasteiger charge is 2.51. The average molecular weight is 472 g/mol. The maximum Gasteiger partial charge on any atom is 0.315 e. The molecule has 1 saturated heterocycles. The molecule has 1 fully saturated rings. The zero-order valence-electron chi connectivity index (χ0n) is 17.8. The highest BCUT2D eigenvalue weighted by atomic mass is 32.2. The van der Waals surface area contributed by atoms with Crippen molar-refractivity contribution >= 4 is 22.1 Å². The summed E-state index contributed by atoms with van der Waals surface area (Å²) in [6.07, 6.45) is 6.54. The molecule has 9 nitrogen and oxygen atoms in total. The first-order chi connectivity index (χ1) is 15.7. The van der Waals surface area contributed by atoms with E-state index in [2.05, 4.69) is 10.2 Å². The monoisotopic (exact) mass is 471 g/mol. The predicted octanol–water partition coefficient (Wildman–Crippen LogP) is 2.33. The molecule has 0 bridgehead atoms. The van der Waals surface area contributed by atoms with Crippen LogP contribution in [0.1, 0.15) is 24.6 Å². The Bertz CT molecular complexity index is 1380. The van der Waals surface area contributed by atoms with Gasteiger partial charge in [-0.05, 0) is 61.2 Å². The maximum absolute atomic E-state index is 13.3. The smallest absolute Gasteiger partial charge is 0.315 e. The van der Waals surface area contributed by atoms with E-state index in [1.54, 1.807) is 29.1 Å². The van der Waals surface area contributed by atoms with Gasteiger partial charge < -0.3 is 5.11 Å². The molecule has 1 unspecified atom stereocenters. The van der Waals surface area contributed by atoms with Gasteiger partial charge in [0.25, 0.3) is 0 Å². The van der Waals surface area contributed by atoms with E-state index in [0.29, 0.717) is 23.4 Å². The molecule has 3 heterocycles. The van der Waals surface area contributed by atoms with Crippen LogP contribution < -0.4 is 0 Å². The fourth-order valence-electron chi connectivity index (χ4n) is 4.59. The van der Waals surface area contributed by atoms with Crippen molar-refractivity contribution in [1.29, 1.82) is 0 Å². The minimum absolute atomic E-state index is 0.0537. The zero-order chi connectivity index (χ0) is 23.4. The van der Waals surface area contributed by atoms with Gasteiger partial charge in [-0.25, -0.2) is 17.5 Å². The number of rotatable bonds is 5. The quantitative estimate of drug-likeness (QED) is 0.612. The van der Waals surface area contributed by atoms with E-state index in [-0.39, 0.29) is 36.6 Å². The summed E-state index contributed by atoms with van der Waals surface area (Å²) in [6.45, 7) is 2.38. The van der Waals surface area contributed by atoms with Crippen LogP contribution in [0.15, 0.2) is 53.3 Å². The van der Waals surface area contributed by atoms with Crippen LogP contribution in [0.4, 0.5) is 4.39 Å². The van der Waals surface area contributed by atoms with Crippen LogP contribution in [-0.2, 0) is 27.8 Å². The summed E-state index contributed by atoms with van der Waals surface area (Å²) in [5, 5.41) is 18.7. The van der Waals surface area contributed by atoms with E-state index in [0.717, 1.165) is 5.69 Å². The number of aliphatic carboxylic acids is 1. The fourth-order valence-corrected chi connectivity index (χ4v) is 6.05. The Labute approximate surface area is 189 Å². The van der Waals surface area contributed by atoms with Gasteiger partial charge in [0.1, 0.15) is 16.1 Å². The number of sulfonamides is 1. The summed E-state index contributed by atoms with van der Waals surface area (Å²) >= 11 is 0. The van der Waals surface area contributed by atoms with Crippen molar-refractivity contribution in [2.24, 2.45) is 5.41 Å². The highest BCUT2D eigenvalue weighted by Crippen LogP contribution is 2.45. The van der Waals surface area contributed by atoms with Gasteiger partial charge in [0, 0.05) is 25.8 Å². The van der Waals surface area contributed by atoms with Crippen molar-refractivity contribution in [3.05, 3.63) is 65.5 Å². The van der Waals surface area contributed by atoms with Crippen LogP contribution in [0.5, 0.6) is 0 Å². The SMILES string of the molecule is CCn1cc(S(=O)(=O)N2CCC3=Cc4c(cnn4-c4ccc(F)cc4)CC3(C(=O)O)C2)cn1. The molecule has 1 aromatic carbocycles. The Balaban J connectivity index is 1.52. The molecule has 0 amide bonds. The molecule has 2 aliphatic rings. The van der Waals surface area contributed by atoms with Crippen molar-refractivity contribution in [2.45, 2.75) is 31.2 Å². The highest BCUT2D eigenvalue weighted by molar-refractivity contribution is 7.89. The second-order valence-corrected chi connectivity index (χ2v) is 10.2. The van der Waals surface area contributed by atoms with Crippen LogP contribution in [0.2, 0.25) is 0 Å². The van der Waals surface area contributed by atoms with Gasteiger partial charge in [-0.15, -0.1) is 0 Å². The molecule has 33 heavy (non-hydrogen) atoms. The van der Waals surface area contributed by atoms with Crippen LogP contribution >= 0.6 is 0 Å². The third-order valence-electron chi connectivity index (χ3n) is 6.43. The lowest BCUT2D eigenvalue weighted by Gasteiger charge is -2.42. The number of nitrogens with zero attached hydrogens (tertiary/aromatic N) is 5. The number of piperidine rings is 1. The van der Waals surface area contributed by atoms with Gasteiger partial charge in [-0.1, -0.05) is 0 Å². The molecular formula is C22H22FN5O4S. The Morgan fingerprint density at radius 3 is 2.64 bits per heavy atom. The molecule has 2 aromatic heterocycles. The second kappa shape index (κ2) is 7.63. The Kier molecular flexibility index (Phi) is 4.98. The molecule has 5 rings (SSSR count). The van der Waals surface area contributed by atoms with Crippen LogP contribution in [0.3, 0.4) is 0 Å². The standard InChI is InChI=1S/C22H22FN5O4S/c1-2-26-13-19(12-24-26)33(31,32)27-8-7-16-9-20-15(10-22(16,14-27)21(29)30)11-25-28(20)18-5-3-17(23)4-6-18/h3-6,9,11-13H,2,7-8,10,14H2,1H3,(H,29,30). The predicted molar refractivity (Wildman–Crippen MR) is 117 cm³/mol. The first-order valence-corrected chi connectivity index (χ1v) is 12.0.